The first-order valence-electron chi connectivity index (χ1n) is 4.66. The van der Waals surface area contributed by atoms with Gasteiger partial charge in [-0.15, -0.1) is 0 Å². The minimum atomic E-state index is -0.710. The highest BCUT2D eigenvalue weighted by Gasteiger charge is 2.27. The number of cyclic esters (lactones) is 1. The molecule has 1 saturated heterocycles. The molecule has 16 heavy (non-hydrogen) atoms. The van der Waals surface area contributed by atoms with E-state index >= 15 is 0 Å². The molecule has 1 atom stereocenters. The van der Waals surface area contributed by atoms with Crippen molar-refractivity contribution < 1.29 is 28.6 Å². The molecule has 1 aliphatic rings. The summed E-state index contributed by atoms with van der Waals surface area (Å²) in [7, 11) is 0. The molecule has 0 amide bonds. The van der Waals surface area contributed by atoms with E-state index in [1.54, 1.807) is 0 Å². The largest absolute Gasteiger partial charge is 0.462 e. The van der Waals surface area contributed by atoms with Crippen molar-refractivity contribution in [3.8, 4) is 0 Å². The van der Waals surface area contributed by atoms with Crippen molar-refractivity contribution in [1.82, 2.24) is 0 Å². The number of carbonyl (C=O) groups excluding carboxylic acids is 3. The summed E-state index contributed by atoms with van der Waals surface area (Å²) in [5.74, 6) is -1.77. The molecule has 0 spiro atoms. The highest BCUT2D eigenvalue weighted by Crippen LogP contribution is 2.10. The van der Waals surface area contributed by atoms with E-state index in [9.17, 15) is 14.4 Å². The fourth-order valence-corrected chi connectivity index (χ4v) is 1.03. The number of carbonyl (C=O) groups is 3. The first-order chi connectivity index (χ1) is 7.49. The lowest BCUT2D eigenvalue weighted by Gasteiger charge is -2.09. The van der Waals surface area contributed by atoms with Gasteiger partial charge in [0.25, 0.3) is 0 Å². The number of rotatable bonds is 4. The van der Waals surface area contributed by atoms with Gasteiger partial charge in [0.2, 0.25) is 0 Å². The van der Waals surface area contributed by atoms with E-state index in [0.717, 1.165) is 0 Å². The molecule has 88 valence electrons. The van der Waals surface area contributed by atoms with Gasteiger partial charge in [-0.3, -0.25) is 4.79 Å². The molecule has 0 radical (unpaired) electrons. The average molecular weight is 228 g/mol. The van der Waals surface area contributed by atoms with Gasteiger partial charge < -0.3 is 14.2 Å². The van der Waals surface area contributed by atoms with Gasteiger partial charge in [-0.2, -0.15) is 0 Å². The predicted octanol–water partition coefficient (Wildman–Crippen LogP) is -0.0356. The van der Waals surface area contributed by atoms with Crippen LogP contribution in [0.25, 0.3) is 0 Å². The zero-order valence-electron chi connectivity index (χ0n) is 8.86. The van der Waals surface area contributed by atoms with Crippen LogP contribution in [0.1, 0.15) is 13.3 Å². The molecule has 6 nitrogen and oxygen atoms in total. The lowest BCUT2D eigenvalue weighted by atomic mass is 10.3. The van der Waals surface area contributed by atoms with Crippen LogP contribution >= 0.6 is 0 Å². The van der Waals surface area contributed by atoms with E-state index in [1.165, 1.54) is 6.92 Å². The van der Waals surface area contributed by atoms with Gasteiger partial charge in [-0.25, -0.2) is 9.59 Å². The van der Waals surface area contributed by atoms with Crippen LogP contribution in [-0.4, -0.2) is 37.2 Å². The normalized spacial score (nSPS) is 18.8. The molecular weight excluding hydrogens is 216 g/mol. The summed E-state index contributed by atoms with van der Waals surface area (Å²) in [6.07, 6.45) is -0.538. The Balaban J connectivity index is 2.23. The third-order valence-electron chi connectivity index (χ3n) is 1.79. The number of esters is 3. The minimum Gasteiger partial charge on any atom is -0.462 e. The van der Waals surface area contributed by atoms with Gasteiger partial charge in [0, 0.05) is 5.57 Å². The Morgan fingerprint density at radius 2 is 2.25 bits per heavy atom. The van der Waals surface area contributed by atoms with Crippen LogP contribution in [0.15, 0.2) is 12.2 Å². The van der Waals surface area contributed by atoms with E-state index in [-0.39, 0.29) is 18.6 Å². The van der Waals surface area contributed by atoms with Crippen LogP contribution in [0.3, 0.4) is 0 Å². The van der Waals surface area contributed by atoms with E-state index in [1.807, 2.05) is 0 Å². The third-order valence-corrected chi connectivity index (χ3v) is 1.79. The molecule has 1 heterocycles. The zero-order valence-corrected chi connectivity index (χ0v) is 8.86. The molecule has 0 aromatic heterocycles. The quantitative estimate of drug-likeness (QED) is 0.382. The fraction of sp³-hybridized carbons (Fsp3) is 0.500. The summed E-state index contributed by atoms with van der Waals surface area (Å²) in [6.45, 7) is 4.39. The predicted molar refractivity (Wildman–Crippen MR) is 51.2 cm³/mol. The summed E-state index contributed by atoms with van der Waals surface area (Å²) < 4.78 is 14.0. The Morgan fingerprint density at radius 1 is 1.56 bits per heavy atom. The molecule has 1 rings (SSSR count). The maximum absolute atomic E-state index is 11.1. The molecule has 0 aromatic rings. The fourth-order valence-electron chi connectivity index (χ4n) is 1.03. The molecule has 1 unspecified atom stereocenters. The van der Waals surface area contributed by atoms with Gasteiger partial charge in [0.1, 0.15) is 12.7 Å². The van der Waals surface area contributed by atoms with Crippen LogP contribution in [0.2, 0.25) is 0 Å². The zero-order chi connectivity index (χ0) is 12.1. The second kappa shape index (κ2) is 5.29. The van der Waals surface area contributed by atoms with Gasteiger partial charge >= 0.3 is 17.9 Å². The minimum absolute atomic E-state index is 0.0418. The second-order valence-electron chi connectivity index (χ2n) is 3.36. The van der Waals surface area contributed by atoms with E-state index in [4.69, 9.17) is 4.74 Å². The first-order valence-corrected chi connectivity index (χ1v) is 4.66. The Labute approximate surface area is 92.2 Å². The Kier molecular flexibility index (Phi) is 4.04. The molecule has 0 bridgehead atoms. The van der Waals surface area contributed by atoms with Gasteiger partial charge in [0.05, 0.1) is 6.42 Å². The van der Waals surface area contributed by atoms with Crippen LogP contribution < -0.4 is 0 Å². The van der Waals surface area contributed by atoms with Gasteiger partial charge in [0.15, 0.2) is 6.61 Å². The van der Waals surface area contributed by atoms with Crippen molar-refractivity contribution in [2.75, 3.05) is 13.2 Å². The topological polar surface area (TPSA) is 78.9 Å². The van der Waals surface area contributed by atoms with Gasteiger partial charge in [-0.1, -0.05) is 6.58 Å². The van der Waals surface area contributed by atoms with Crippen molar-refractivity contribution in [1.29, 1.82) is 0 Å². The average Bonchev–Trinajstić information content (AvgIpc) is 2.60. The van der Waals surface area contributed by atoms with Crippen LogP contribution in [-0.2, 0) is 28.6 Å². The smallest absolute Gasteiger partial charge is 0.344 e. The second-order valence-corrected chi connectivity index (χ2v) is 3.36. The van der Waals surface area contributed by atoms with E-state index in [2.05, 4.69) is 16.1 Å². The standard InChI is InChI=1S/C10H12O6/c1-6(2)10(13)15-5-9(12)16-7-3-8(11)14-4-7/h7H,1,3-5H2,2H3. The molecule has 1 aliphatic heterocycles. The van der Waals surface area contributed by atoms with Crippen LogP contribution in [0.4, 0.5) is 0 Å². The Morgan fingerprint density at radius 3 is 2.75 bits per heavy atom. The molecule has 0 N–H and O–H groups in total. The molecule has 0 saturated carbocycles. The first kappa shape index (κ1) is 12.2. The molecule has 6 heteroatoms. The Hall–Kier alpha value is -1.85. The molecule has 0 aromatic carbocycles. The SMILES string of the molecule is C=C(C)C(=O)OCC(=O)OC1COC(=O)C1. The van der Waals surface area contributed by atoms with Crippen molar-refractivity contribution in [3.63, 3.8) is 0 Å². The maximum atomic E-state index is 11.1. The monoisotopic (exact) mass is 228 g/mol. The highest BCUT2D eigenvalue weighted by molar-refractivity contribution is 5.88. The molecule has 0 aliphatic carbocycles. The Bertz CT molecular complexity index is 332. The van der Waals surface area contributed by atoms with Crippen molar-refractivity contribution in [2.45, 2.75) is 19.4 Å². The van der Waals surface area contributed by atoms with E-state index < -0.39 is 30.6 Å². The summed E-state index contributed by atoms with van der Waals surface area (Å²) in [5.41, 5.74) is 0.201. The summed E-state index contributed by atoms with van der Waals surface area (Å²) in [4.78, 5) is 32.7. The highest BCUT2D eigenvalue weighted by atomic mass is 16.6. The van der Waals surface area contributed by atoms with Crippen LogP contribution in [0, 0.1) is 0 Å². The summed E-state index contributed by atoms with van der Waals surface area (Å²) in [5, 5.41) is 0. The lowest BCUT2D eigenvalue weighted by Crippen LogP contribution is -2.23. The maximum Gasteiger partial charge on any atom is 0.344 e. The van der Waals surface area contributed by atoms with Crippen molar-refractivity contribution in [2.24, 2.45) is 0 Å². The van der Waals surface area contributed by atoms with E-state index in [0.29, 0.717) is 0 Å². The summed E-state index contributed by atoms with van der Waals surface area (Å²) >= 11 is 0. The molecule has 1 fully saturated rings. The van der Waals surface area contributed by atoms with Crippen LogP contribution in [0.5, 0.6) is 0 Å². The summed E-state index contributed by atoms with van der Waals surface area (Å²) in [6, 6.07) is 0. The molecular formula is C10H12O6. The van der Waals surface area contributed by atoms with Crippen molar-refractivity contribution in [3.05, 3.63) is 12.2 Å². The lowest BCUT2D eigenvalue weighted by molar-refractivity contribution is -0.160. The number of ether oxygens (including phenoxy) is 3. The van der Waals surface area contributed by atoms with Crippen molar-refractivity contribution >= 4 is 17.9 Å². The third kappa shape index (κ3) is 3.72. The number of hydrogen-bond acceptors (Lipinski definition) is 6. The number of hydrogen-bond donors (Lipinski definition) is 0. The van der Waals surface area contributed by atoms with Gasteiger partial charge in [-0.05, 0) is 6.92 Å².